The number of imidazole rings is 1. The largest absolute Gasteiger partial charge is 0.350 e. The topological polar surface area (TPSA) is 46.9 Å². The second kappa shape index (κ2) is 5.68. The highest BCUT2D eigenvalue weighted by Gasteiger charge is 2.11. The van der Waals surface area contributed by atoms with Crippen LogP contribution < -0.4 is 5.32 Å². The molecule has 2 aromatic rings. The third-order valence-electron chi connectivity index (χ3n) is 2.41. The van der Waals surface area contributed by atoms with Crippen LogP contribution in [0.15, 0.2) is 41.8 Å². The average molecular weight is 265 g/mol. The van der Waals surface area contributed by atoms with Gasteiger partial charge in [-0.1, -0.05) is 0 Å². The van der Waals surface area contributed by atoms with E-state index in [-0.39, 0.29) is 5.56 Å². The molecule has 0 aliphatic carbocycles. The first-order valence-electron chi connectivity index (χ1n) is 5.39. The van der Waals surface area contributed by atoms with Gasteiger partial charge in [0.2, 0.25) is 0 Å². The highest BCUT2D eigenvalue weighted by Crippen LogP contribution is 2.13. The molecule has 1 aromatic carbocycles. The van der Waals surface area contributed by atoms with Crippen LogP contribution in [0.25, 0.3) is 0 Å². The number of carbonyl (C=O) groups is 1. The lowest BCUT2D eigenvalue weighted by molar-refractivity contribution is 0.0948. The van der Waals surface area contributed by atoms with Crippen LogP contribution in [0.3, 0.4) is 0 Å². The molecule has 0 bridgehead atoms. The Bertz CT molecular complexity index is 542. The first kappa shape index (κ1) is 12.6. The molecule has 0 atom stereocenters. The van der Waals surface area contributed by atoms with Gasteiger partial charge >= 0.3 is 0 Å². The fourth-order valence-corrected chi connectivity index (χ4v) is 1.70. The quantitative estimate of drug-likeness (QED) is 0.827. The van der Waals surface area contributed by atoms with E-state index in [2.05, 4.69) is 22.9 Å². The maximum Gasteiger partial charge on any atom is 0.254 e. The Kier molecular flexibility index (Phi) is 3.99. The molecule has 1 N–H and O–H groups in total. The van der Waals surface area contributed by atoms with Crippen molar-refractivity contribution in [2.45, 2.75) is 11.4 Å². The van der Waals surface area contributed by atoms with Gasteiger partial charge in [-0.2, -0.15) is 0 Å². The van der Waals surface area contributed by atoms with E-state index < -0.39 is 11.7 Å². The highest BCUT2D eigenvalue weighted by molar-refractivity contribution is 7.80. The fraction of sp³-hybridized carbons (Fsp3) is 0.167. The van der Waals surface area contributed by atoms with Gasteiger partial charge in [0.15, 0.2) is 0 Å². The predicted octanol–water partition coefficient (Wildman–Crippen LogP) is 1.74. The van der Waals surface area contributed by atoms with Crippen molar-refractivity contribution in [2.75, 3.05) is 6.54 Å². The van der Waals surface area contributed by atoms with E-state index in [1.807, 2.05) is 4.57 Å². The number of amides is 1. The Morgan fingerprint density at radius 2 is 2.33 bits per heavy atom. The van der Waals surface area contributed by atoms with Crippen molar-refractivity contribution in [1.29, 1.82) is 0 Å². The molecule has 0 fully saturated rings. The molecular weight excluding hydrogens is 253 g/mol. The highest BCUT2D eigenvalue weighted by atomic mass is 32.1. The Hall–Kier alpha value is -1.82. The van der Waals surface area contributed by atoms with Gasteiger partial charge in [-0.05, 0) is 18.2 Å². The summed E-state index contributed by atoms with van der Waals surface area (Å²) in [7, 11) is 0. The van der Waals surface area contributed by atoms with Gasteiger partial charge in [-0.15, -0.1) is 12.6 Å². The van der Waals surface area contributed by atoms with Crippen molar-refractivity contribution in [1.82, 2.24) is 14.9 Å². The van der Waals surface area contributed by atoms with Crippen LogP contribution in [0.5, 0.6) is 0 Å². The molecule has 1 aromatic heterocycles. The predicted molar refractivity (Wildman–Crippen MR) is 68.2 cm³/mol. The van der Waals surface area contributed by atoms with Crippen molar-refractivity contribution < 1.29 is 9.18 Å². The second-order valence-electron chi connectivity index (χ2n) is 3.72. The molecule has 1 heterocycles. The van der Waals surface area contributed by atoms with Gasteiger partial charge in [-0.25, -0.2) is 9.37 Å². The van der Waals surface area contributed by atoms with Crippen LogP contribution in [-0.2, 0) is 6.54 Å². The van der Waals surface area contributed by atoms with Crippen molar-refractivity contribution in [3.63, 3.8) is 0 Å². The number of halogens is 1. The number of benzene rings is 1. The minimum absolute atomic E-state index is 0.00753. The summed E-state index contributed by atoms with van der Waals surface area (Å²) < 4.78 is 15.2. The van der Waals surface area contributed by atoms with E-state index in [4.69, 9.17) is 0 Å². The molecule has 0 unspecified atom stereocenters. The van der Waals surface area contributed by atoms with Crippen LogP contribution in [0, 0.1) is 5.82 Å². The maximum atomic E-state index is 13.4. The fourth-order valence-electron chi connectivity index (χ4n) is 1.50. The molecule has 0 aliphatic rings. The molecule has 0 saturated carbocycles. The smallest absolute Gasteiger partial charge is 0.254 e. The second-order valence-corrected chi connectivity index (χ2v) is 4.24. The normalized spacial score (nSPS) is 10.3. The number of carbonyl (C=O) groups excluding carboxylic acids is 1. The summed E-state index contributed by atoms with van der Waals surface area (Å²) in [4.78, 5) is 16.2. The third kappa shape index (κ3) is 3.10. The van der Waals surface area contributed by atoms with E-state index >= 15 is 0 Å². The number of thiol groups is 1. The zero-order valence-corrected chi connectivity index (χ0v) is 10.4. The van der Waals surface area contributed by atoms with E-state index in [0.29, 0.717) is 18.0 Å². The molecule has 2 rings (SSSR count). The number of nitrogens with zero attached hydrogens (tertiary/aromatic N) is 2. The SMILES string of the molecule is O=C(NCCn1ccnc1)c1cc(S)ccc1F. The minimum Gasteiger partial charge on any atom is -0.350 e. The summed E-state index contributed by atoms with van der Waals surface area (Å²) in [5, 5.41) is 2.64. The average Bonchev–Trinajstić information content (AvgIpc) is 2.85. The van der Waals surface area contributed by atoms with E-state index in [0.717, 1.165) is 0 Å². The first-order chi connectivity index (χ1) is 8.66. The number of hydrogen-bond donors (Lipinski definition) is 2. The van der Waals surface area contributed by atoms with Crippen LogP contribution >= 0.6 is 12.6 Å². The van der Waals surface area contributed by atoms with Gasteiger partial charge in [0.05, 0.1) is 11.9 Å². The summed E-state index contributed by atoms with van der Waals surface area (Å²) in [5.41, 5.74) is 0.00753. The van der Waals surface area contributed by atoms with Gasteiger partial charge < -0.3 is 9.88 Å². The van der Waals surface area contributed by atoms with Crippen molar-refractivity contribution >= 4 is 18.5 Å². The Morgan fingerprint density at radius 3 is 3.06 bits per heavy atom. The zero-order valence-electron chi connectivity index (χ0n) is 9.51. The molecule has 6 heteroatoms. The molecule has 4 nitrogen and oxygen atoms in total. The number of aromatic nitrogens is 2. The van der Waals surface area contributed by atoms with Gasteiger partial charge in [0.25, 0.3) is 5.91 Å². The maximum absolute atomic E-state index is 13.4. The van der Waals surface area contributed by atoms with E-state index in [1.54, 1.807) is 18.7 Å². The number of nitrogens with one attached hydrogen (secondary N) is 1. The Labute approximate surface area is 109 Å². The third-order valence-corrected chi connectivity index (χ3v) is 2.69. The van der Waals surface area contributed by atoms with Crippen molar-refractivity contribution in [2.24, 2.45) is 0 Å². The Morgan fingerprint density at radius 1 is 1.50 bits per heavy atom. The van der Waals surface area contributed by atoms with E-state index in [9.17, 15) is 9.18 Å². The molecule has 0 saturated heterocycles. The van der Waals surface area contributed by atoms with E-state index in [1.165, 1.54) is 18.2 Å². The summed E-state index contributed by atoms with van der Waals surface area (Å²) in [6.07, 6.45) is 5.11. The lowest BCUT2D eigenvalue weighted by Crippen LogP contribution is -2.27. The minimum atomic E-state index is -0.548. The summed E-state index contributed by atoms with van der Waals surface area (Å²) in [5.74, 6) is -0.989. The molecule has 0 spiro atoms. The van der Waals surface area contributed by atoms with Crippen LogP contribution in [-0.4, -0.2) is 22.0 Å². The van der Waals surface area contributed by atoms with Crippen molar-refractivity contribution in [3.8, 4) is 0 Å². The zero-order chi connectivity index (χ0) is 13.0. The number of rotatable bonds is 4. The first-order valence-corrected chi connectivity index (χ1v) is 5.84. The molecule has 0 radical (unpaired) electrons. The Balaban J connectivity index is 1.93. The van der Waals surface area contributed by atoms with Crippen LogP contribution in [0.4, 0.5) is 4.39 Å². The molecule has 1 amide bonds. The lowest BCUT2D eigenvalue weighted by atomic mass is 10.2. The standard InChI is InChI=1S/C12H12FN3OS/c13-11-2-1-9(18)7-10(11)12(17)15-4-6-16-5-3-14-8-16/h1-3,5,7-8,18H,4,6H2,(H,15,17). The summed E-state index contributed by atoms with van der Waals surface area (Å²) >= 11 is 4.08. The summed E-state index contributed by atoms with van der Waals surface area (Å²) in [6, 6.07) is 4.14. The molecular formula is C12H12FN3OS. The number of hydrogen-bond acceptors (Lipinski definition) is 3. The van der Waals surface area contributed by atoms with Gasteiger partial charge in [0.1, 0.15) is 5.82 Å². The van der Waals surface area contributed by atoms with Crippen LogP contribution in [0.1, 0.15) is 10.4 Å². The van der Waals surface area contributed by atoms with Gasteiger partial charge in [-0.3, -0.25) is 4.79 Å². The summed E-state index contributed by atoms with van der Waals surface area (Å²) in [6.45, 7) is 0.999. The lowest BCUT2D eigenvalue weighted by Gasteiger charge is -2.07. The van der Waals surface area contributed by atoms with Crippen LogP contribution in [0.2, 0.25) is 0 Å². The van der Waals surface area contributed by atoms with Crippen molar-refractivity contribution in [3.05, 3.63) is 48.3 Å². The monoisotopic (exact) mass is 265 g/mol. The van der Waals surface area contributed by atoms with Gasteiger partial charge in [0, 0.05) is 30.4 Å². The molecule has 18 heavy (non-hydrogen) atoms. The molecule has 0 aliphatic heterocycles. The molecule has 94 valence electrons.